The minimum atomic E-state index is 0.0609. The van der Waals surface area contributed by atoms with Gasteiger partial charge in [-0.05, 0) is 59.8 Å². The SMILES string of the molecule is Cc1ccc(OCCC2CCN(C(=O)c3cncc(Br)c3)C2)cc1. The second-order valence-electron chi connectivity index (χ2n) is 6.25. The smallest absolute Gasteiger partial charge is 0.255 e. The van der Waals surface area contributed by atoms with Crippen LogP contribution < -0.4 is 4.74 Å². The van der Waals surface area contributed by atoms with E-state index in [-0.39, 0.29) is 5.91 Å². The highest BCUT2D eigenvalue weighted by Gasteiger charge is 2.27. The van der Waals surface area contributed by atoms with Gasteiger partial charge in [-0.2, -0.15) is 0 Å². The lowest BCUT2D eigenvalue weighted by molar-refractivity contribution is 0.0784. The van der Waals surface area contributed by atoms with E-state index in [1.54, 1.807) is 12.4 Å². The summed E-state index contributed by atoms with van der Waals surface area (Å²) in [5, 5.41) is 0. The lowest BCUT2D eigenvalue weighted by Gasteiger charge is -2.16. The fraction of sp³-hybridized carbons (Fsp3) is 0.368. The van der Waals surface area contributed by atoms with Crippen LogP contribution in [0.5, 0.6) is 5.75 Å². The molecule has 0 saturated carbocycles. The molecular formula is C19H21BrN2O2. The van der Waals surface area contributed by atoms with E-state index < -0.39 is 0 Å². The summed E-state index contributed by atoms with van der Waals surface area (Å²) in [7, 11) is 0. The zero-order valence-corrected chi connectivity index (χ0v) is 15.3. The minimum absolute atomic E-state index is 0.0609. The van der Waals surface area contributed by atoms with Crippen molar-refractivity contribution in [2.45, 2.75) is 19.8 Å². The molecule has 0 N–H and O–H groups in total. The second kappa shape index (κ2) is 7.79. The molecule has 5 heteroatoms. The summed E-state index contributed by atoms with van der Waals surface area (Å²) >= 11 is 3.36. The molecule has 1 aromatic heterocycles. The van der Waals surface area contributed by atoms with Crippen molar-refractivity contribution in [3.05, 3.63) is 58.3 Å². The number of hydrogen-bond acceptors (Lipinski definition) is 3. The molecule has 1 unspecified atom stereocenters. The van der Waals surface area contributed by atoms with Crippen LogP contribution in [0.1, 0.15) is 28.8 Å². The Balaban J connectivity index is 1.47. The van der Waals surface area contributed by atoms with E-state index in [0.29, 0.717) is 18.1 Å². The van der Waals surface area contributed by atoms with Crippen LogP contribution in [0, 0.1) is 12.8 Å². The third kappa shape index (κ3) is 4.35. The van der Waals surface area contributed by atoms with Crippen LogP contribution in [0.2, 0.25) is 0 Å². The molecule has 126 valence electrons. The lowest BCUT2D eigenvalue weighted by Crippen LogP contribution is -2.29. The molecule has 0 aliphatic carbocycles. The Kier molecular flexibility index (Phi) is 5.51. The van der Waals surface area contributed by atoms with Gasteiger partial charge in [-0.1, -0.05) is 17.7 Å². The molecule has 1 aromatic carbocycles. The van der Waals surface area contributed by atoms with Crippen molar-refractivity contribution < 1.29 is 9.53 Å². The van der Waals surface area contributed by atoms with Crippen molar-refractivity contribution >= 4 is 21.8 Å². The number of nitrogens with zero attached hydrogens (tertiary/aromatic N) is 2. The predicted molar refractivity (Wildman–Crippen MR) is 97.2 cm³/mol. The maximum Gasteiger partial charge on any atom is 0.255 e. The molecule has 24 heavy (non-hydrogen) atoms. The van der Waals surface area contributed by atoms with Crippen LogP contribution in [0.4, 0.5) is 0 Å². The van der Waals surface area contributed by atoms with Crippen molar-refractivity contribution in [3.8, 4) is 5.75 Å². The predicted octanol–water partition coefficient (Wildman–Crippen LogP) is 4.08. The van der Waals surface area contributed by atoms with E-state index in [1.165, 1.54) is 5.56 Å². The molecule has 1 saturated heterocycles. The number of hydrogen-bond donors (Lipinski definition) is 0. The Hall–Kier alpha value is -1.88. The Morgan fingerprint density at radius 2 is 2.12 bits per heavy atom. The Labute approximate surface area is 151 Å². The van der Waals surface area contributed by atoms with Crippen molar-refractivity contribution in [1.29, 1.82) is 0 Å². The van der Waals surface area contributed by atoms with Crippen molar-refractivity contribution in [1.82, 2.24) is 9.88 Å². The van der Waals surface area contributed by atoms with E-state index in [9.17, 15) is 4.79 Å². The molecule has 1 fully saturated rings. The number of pyridine rings is 1. The second-order valence-corrected chi connectivity index (χ2v) is 7.16. The van der Waals surface area contributed by atoms with Gasteiger partial charge in [0.15, 0.2) is 0 Å². The molecule has 3 rings (SSSR count). The highest BCUT2D eigenvalue weighted by Crippen LogP contribution is 2.23. The number of aromatic nitrogens is 1. The summed E-state index contributed by atoms with van der Waals surface area (Å²) in [5.74, 6) is 1.47. The summed E-state index contributed by atoms with van der Waals surface area (Å²) in [6.07, 6.45) is 5.31. The molecule has 2 heterocycles. The molecule has 0 spiro atoms. The van der Waals surface area contributed by atoms with Gasteiger partial charge in [0.2, 0.25) is 0 Å². The first-order chi connectivity index (χ1) is 11.6. The minimum Gasteiger partial charge on any atom is -0.494 e. The number of amides is 1. The van der Waals surface area contributed by atoms with Gasteiger partial charge in [0.05, 0.1) is 12.2 Å². The topological polar surface area (TPSA) is 42.4 Å². The number of benzene rings is 1. The molecule has 1 amide bonds. The van der Waals surface area contributed by atoms with Gasteiger partial charge in [0.1, 0.15) is 5.75 Å². The fourth-order valence-corrected chi connectivity index (χ4v) is 3.31. The number of rotatable bonds is 5. The largest absolute Gasteiger partial charge is 0.494 e. The van der Waals surface area contributed by atoms with Gasteiger partial charge in [-0.15, -0.1) is 0 Å². The maximum atomic E-state index is 12.5. The van der Waals surface area contributed by atoms with Gasteiger partial charge < -0.3 is 9.64 Å². The first-order valence-corrected chi connectivity index (χ1v) is 9.00. The zero-order chi connectivity index (χ0) is 16.9. The fourth-order valence-electron chi connectivity index (χ4n) is 2.94. The standard InChI is InChI=1S/C19H21BrN2O2/c1-14-2-4-18(5-3-14)24-9-7-15-6-8-22(13-15)19(23)16-10-17(20)12-21-11-16/h2-5,10-12,15H,6-9,13H2,1H3. The molecule has 0 bridgehead atoms. The number of halogens is 1. The molecule has 0 radical (unpaired) electrons. The van der Waals surface area contributed by atoms with Crippen LogP contribution in [0.25, 0.3) is 0 Å². The maximum absolute atomic E-state index is 12.5. The van der Waals surface area contributed by atoms with Gasteiger partial charge in [0, 0.05) is 30.0 Å². The van der Waals surface area contributed by atoms with E-state index in [4.69, 9.17) is 4.74 Å². The Morgan fingerprint density at radius 3 is 2.88 bits per heavy atom. The monoisotopic (exact) mass is 388 g/mol. The number of ether oxygens (including phenoxy) is 1. The van der Waals surface area contributed by atoms with Gasteiger partial charge >= 0.3 is 0 Å². The molecule has 1 atom stereocenters. The summed E-state index contributed by atoms with van der Waals surface area (Å²) in [6, 6.07) is 9.93. The van der Waals surface area contributed by atoms with E-state index in [0.717, 1.165) is 36.2 Å². The van der Waals surface area contributed by atoms with E-state index in [2.05, 4.69) is 40.0 Å². The Morgan fingerprint density at radius 1 is 1.33 bits per heavy atom. The van der Waals surface area contributed by atoms with Crippen LogP contribution in [0.3, 0.4) is 0 Å². The van der Waals surface area contributed by atoms with Gasteiger partial charge in [-0.25, -0.2) is 0 Å². The molecule has 1 aliphatic rings. The molecule has 4 nitrogen and oxygen atoms in total. The number of likely N-dealkylation sites (tertiary alicyclic amines) is 1. The normalized spacial score (nSPS) is 17.1. The number of carbonyl (C=O) groups is 1. The van der Waals surface area contributed by atoms with Crippen LogP contribution in [-0.2, 0) is 0 Å². The number of carbonyl (C=O) groups excluding carboxylic acids is 1. The van der Waals surface area contributed by atoms with Crippen molar-refractivity contribution in [2.75, 3.05) is 19.7 Å². The summed E-state index contributed by atoms with van der Waals surface area (Å²) < 4.78 is 6.63. The van der Waals surface area contributed by atoms with E-state index >= 15 is 0 Å². The van der Waals surface area contributed by atoms with Crippen molar-refractivity contribution in [3.63, 3.8) is 0 Å². The van der Waals surface area contributed by atoms with Gasteiger partial charge in [-0.3, -0.25) is 9.78 Å². The summed E-state index contributed by atoms with van der Waals surface area (Å²) in [5.41, 5.74) is 1.87. The molecule has 2 aromatic rings. The Bertz CT molecular complexity index is 703. The molecular weight excluding hydrogens is 368 g/mol. The third-order valence-corrected chi connectivity index (χ3v) is 4.77. The first-order valence-electron chi connectivity index (χ1n) is 8.21. The first kappa shape index (κ1) is 17.0. The highest BCUT2D eigenvalue weighted by molar-refractivity contribution is 9.10. The van der Waals surface area contributed by atoms with Crippen LogP contribution in [0.15, 0.2) is 47.2 Å². The van der Waals surface area contributed by atoms with Crippen LogP contribution in [-0.4, -0.2) is 35.5 Å². The van der Waals surface area contributed by atoms with E-state index in [1.807, 2.05) is 23.1 Å². The van der Waals surface area contributed by atoms with Gasteiger partial charge in [0.25, 0.3) is 5.91 Å². The van der Waals surface area contributed by atoms with Crippen LogP contribution >= 0.6 is 15.9 Å². The average molecular weight is 389 g/mol. The van der Waals surface area contributed by atoms with Crippen molar-refractivity contribution in [2.24, 2.45) is 5.92 Å². The summed E-state index contributed by atoms with van der Waals surface area (Å²) in [4.78, 5) is 18.5. The average Bonchev–Trinajstić information content (AvgIpc) is 3.05. The molecule has 1 aliphatic heterocycles. The highest BCUT2D eigenvalue weighted by atomic mass is 79.9. The number of aryl methyl sites for hydroxylation is 1. The quantitative estimate of drug-likeness (QED) is 0.774. The zero-order valence-electron chi connectivity index (χ0n) is 13.7. The summed E-state index contributed by atoms with van der Waals surface area (Å²) in [6.45, 7) is 4.35. The third-order valence-electron chi connectivity index (χ3n) is 4.34. The lowest BCUT2D eigenvalue weighted by atomic mass is 10.1.